The van der Waals surface area contributed by atoms with Crippen molar-refractivity contribution in [2.45, 2.75) is 48.7 Å². The third kappa shape index (κ3) is 3.84. The molecule has 21 heavy (non-hydrogen) atoms. The van der Waals surface area contributed by atoms with Crippen LogP contribution in [0.2, 0.25) is 10.0 Å². The summed E-state index contributed by atoms with van der Waals surface area (Å²) in [6.45, 7) is 0. The lowest BCUT2D eigenvalue weighted by molar-refractivity contribution is 0.345. The van der Waals surface area contributed by atoms with Crippen molar-refractivity contribution in [3.05, 3.63) is 28.2 Å². The van der Waals surface area contributed by atoms with E-state index in [4.69, 9.17) is 23.2 Å². The van der Waals surface area contributed by atoms with E-state index in [1.165, 1.54) is 18.2 Å². The summed E-state index contributed by atoms with van der Waals surface area (Å²) in [6, 6.07) is 5.27. The van der Waals surface area contributed by atoms with Crippen LogP contribution in [0.1, 0.15) is 25.7 Å². The Morgan fingerprint density at radius 3 is 2.33 bits per heavy atom. The number of piperidine rings is 1. The molecule has 2 aliphatic heterocycles. The van der Waals surface area contributed by atoms with Crippen molar-refractivity contribution in [3.63, 3.8) is 0 Å². The third-order valence-corrected chi connectivity index (χ3v) is 6.22. The lowest BCUT2D eigenvalue weighted by Gasteiger charge is -2.29. The Kier molecular flexibility index (Phi) is 5.45. The fourth-order valence-electron chi connectivity index (χ4n) is 3.13. The van der Waals surface area contributed by atoms with Gasteiger partial charge in [-0.3, -0.25) is 0 Å². The van der Waals surface area contributed by atoms with Gasteiger partial charge in [-0.25, -0.2) is 13.1 Å². The highest BCUT2D eigenvalue weighted by molar-refractivity contribution is 7.89. The molecule has 0 saturated carbocycles. The second-order valence-corrected chi connectivity index (χ2v) is 8.03. The quantitative estimate of drug-likeness (QED) is 0.859. The third-order valence-electron chi connectivity index (χ3n) is 3.98. The number of nitrogens with one attached hydrogen (secondary N) is 2. The van der Waals surface area contributed by atoms with Gasteiger partial charge in [0.15, 0.2) is 0 Å². The molecular weight excluding hydrogens is 355 g/mol. The molecule has 118 valence electrons. The van der Waals surface area contributed by atoms with Crippen molar-refractivity contribution in [1.82, 2.24) is 10.0 Å². The van der Waals surface area contributed by atoms with Crippen LogP contribution in [0.4, 0.5) is 0 Å². The van der Waals surface area contributed by atoms with E-state index in [-0.39, 0.29) is 28.4 Å². The Morgan fingerprint density at radius 1 is 1.14 bits per heavy atom. The molecule has 2 bridgehead atoms. The maximum Gasteiger partial charge on any atom is 0.242 e. The molecule has 0 aliphatic carbocycles. The van der Waals surface area contributed by atoms with Gasteiger partial charge < -0.3 is 5.32 Å². The number of hydrogen-bond donors (Lipinski definition) is 2. The van der Waals surface area contributed by atoms with Crippen LogP contribution in [-0.2, 0) is 10.0 Å². The van der Waals surface area contributed by atoms with E-state index >= 15 is 0 Å². The number of rotatable bonds is 3. The summed E-state index contributed by atoms with van der Waals surface area (Å²) in [5, 5.41) is 4.07. The topological polar surface area (TPSA) is 58.2 Å². The molecule has 4 nitrogen and oxygen atoms in total. The van der Waals surface area contributed by atoms with E-state index in [0.29, 0.717) is 17.1 Å². The Morgan fingerprint density at radius 2 is 1.76 bits per heavy atom. The number of sulfonamides is 1. The predicted octanol–water partition coefficient (Wildman–Crippen LogP) is 2.98. The average Bonchev–Trinajstić information content (AvgIpc) is 2.67. The molecule has 0 amide bonds. The zero-order valence-corrected chi connectivity index (χ0v) is 14.3. The van der Waals surface area contributed by atoms with Crippen molar-refractivity contribution in [2.24, 2.45) is 0 Å². The summed E-state index contributed by atoms with van der Waals surface area (Å²) in [7, 11) is -3.59. The second-order valence-electron chi connectivity index (χ2n) is 5.50. The molecule has 1 aromatic rings. The zero-order chi connectivity index (χ0) is 14.3. The molecule has 0 aromatic heterocycles. The molecule has 2 unspecified atom stereocenters. The van der Waals surface area contributed by atoms with E-state index in [1.807, 2.05) is 0 Å². The molecule has 2 fully saturated rings. The van der Waals surface area contributed by atoms with Crippen LogP contribution in [-0.4, -0.2) is 26.5 Å². The summed E-state index contributed by atoms with van der Waals surface area (Å²) in [5.41, 5.74) is 0. The fraction of sp³-hybridized carbons (Fsp3) is 0.538. The maximum atomic E-state index is 12.4. The molecule has 2 aliphatic rings. The minimum Gasteiger partial charge on any atom is -0.311 e. The Balaban J connectivity index is 0.00000161. The summed E-state index contributed by atoms with van der Waals surface area (Å²) >= 11 is 11.8. The van der Waals surface area contributed by atoms with Gasteiger partial charge in [0, 0.05) is 23.1 Å². The van der Waals surface area contributed by atoms with Gasteiger partial charge in [0.05, 0.1) is 5.02 Å². The van der Waals surface area contributed by atoms with Crippen LogP contribution in [0, 0.1) is 0 Å². The largest absolute Gasteiger partial charge is 0.311 e. The molecule has 2 N–H and O–H groups in total. The van der Waals surface area contributed by atoms with Crippen molar-refractivity contribution in [2.75, 3.05) is 0 Å². The van der Waals surface area contributed by atoms with E-state index in [2.05, 4.69) is 10.0 Å². The molecule has 0 radical (unpaired) electrons. The molecule has 1 aromatic carbocycles. The van der Waals surface area contributed by atoms with Crippen molar-refractivity contribution >= 4 is 45.6 Å². The summed E-state index contributed by atoms with van der Waals surface area (Å²) in [4.78, 5) is 0.0921. The van der Waals surface area contributed by atoms with E-state index in [1.54, 1.807) is 0 Å². The minimum absolute atomic E-state index is 0. The van der Waals surface area contributed by atoms with Gasteiger partial charge in [0.2, 0.25) is 10.0 Å². The highest BCUT2D eigenvalue weighted by Crippen LogP contribution is 2.29. The molecule has 2 saturated heterocycles. The van der Waals surface area contributed by atoms with Gasteiger partial charge in [0.25, 0.3) is 0 Å². The monoisotopic (exact) mass is 370 g/mol. The standard InChI is InChI=1S/C13H16Cl2N2O2S.ClH/c14-8-1-4-13(12(15)5-8)20(18,19)17-11-6-9-2-3-10(7-11)16-9;/h1,4-5,9-11,16-17H,2-3,6-7H2;1H. The number of fused-ring (bicyclic) bond motifs is 2. The highest BCUT2D eigenvalue weighted by atomic mass is 35.5. The van der Waals surface area contributed by atoms with Gasteiger partial charge in [-0.2, -0.15) is 0 Å². The predicted molar refractivity (Wildman–Crippen MR) is 87.0 cm³/mol. The highest BCUT2D eigenvalue weighted by Gasteiger charge is 2.35. The van der Waals surface area contributed by atoms with Gasteiger partial charge in [-0.05, 0) is 43.9 Å². The van der Waals surface area contributed by atoms with Crippen molar-refractivity contribution < 1.29 is 8.42 Å². The first-order valence-electron chi connectivity index (χ1n) is 6.67. The SMILES string of the molecule is Cl.O=S(=O)(NC1CC2CCC(C1)N2)c1ccc(Cl)cc1Cl. The van der Waals surface area contributed by atoms with Gasteiger partial charge in [-0.15, -0.1) is 12.4 Å². The number of hydrogen-bond acceptors (Lipinski definition) is 3. The number of benzene rings is 1. The van der Waals surface area contributed by atoms with Crippen LogP contribution in [0.25, 0.3) is 0 Å². The number of halogens is 3. The molecular formula is C13H17Cl3N2O2S. The smallest absolute Gasteiger partial charge is 0.242 e. The van der Waals surface area contributed by atoms with Crippen LogP contribution in [0.15, 0.2) is 23.1 Å². The van der Waals surface area contributed by atoms with Gasteiger partial charge in [0.1, 0.15) is 4.90 Å². The Hall–Kier alpha value is -0.0400. The van der Waals surface area contributed by atoms with E-state index < -0.39 is 10.0 Å². The average molecular weight is 372 g/mol. The summed E-state index contributed by atoms with van der Waals surface area (Å²) in [5.74, 6) is 0. The molecule has 0 spiro atoms. The Labute approximate surface area is 141 Å². The minimum atomic E-state index is -3.59. The molecule has 2 heterocycles. The summed E-state index contributed by atoms with van der Waals surface area (Å²) in [6.07, 6.45) is 3.93. The first kappa shape index (κ1) is 17.3. The first-order valence-corrected chi connectivity index (χ1v) is 8.91. The Bertz CT molecular complexity index is 612. The molecule has 2 atom stereocenters. The second kappa shape index (κ2) is 6.60. The lowest BCUT2D eigenvalue weighted by Crippen LogP contribution is -2.47. The zero-order valence-electron chi connectivity index (χ0n) is 11.2. The van der Waals surface area contributed by atoms with Crippen LogP contribution in [0.3, 0.4) is 0 Å². The van der Waals surface area contributed by atoms with E-state index in [9.17, 15) is 8.42 Å². The first-order chi connectivity index (χ1) is 9.44. The van der Waals surface area contributed by atoms with Crippen molar-refractivity contribution in [1.29, 1.82) is 0 Å². The van der Waals surface area contributed by atoms with Gasteiger partial charge >= 0.3 is 0 Å². The van der Waals surface area contributed by atoms with Gasteiger partial charge in [-0.1, -0.05) is 23.2 Å². The lowest BCUT2D eigenvalue weighted by atomic mass is 10.0. The molecule has 8 heteroatoms. The maximum absolute atomic E-state index is 12.4. The summed E-state index contributed by atoms with van der Waals surface area (Å²) < 4.78 is 27.6. The van der Waals surface area contributed by atoms with Crippen LogP contribution >= 0.6 is 35.6 Å². The fourth-order valence-corrected chi connectivity index (χ4v) is 5.16. The normalized spacial score (nSPS) is 28.2. The van der Waals surface area contributed by atoms with Crippen LogP contribution < -0.4 is 10.0 Å². The van der Waals surface area contributed by atoms with Crippen LogP contribution in [0.5, 0.6) is 0 Å². The van der Waals surface area contributed by atoms with Crippen molar-refractivity contribution in [3.8, 4) is 0 Å². The molecule has 3 rings (SSSR count). The van der Waals surface area contributed by atoms with E-state index in [0.717, 1.165) is 25.7 Å².